The Balaban J connectivity index is 4.29. The van der Waals surface area contributed by atoms with Gasteiger partial charge in [0.1, 0.15) is 5.60 Å². The SMILES string of the molecule is CCCC(C)(C)C(C)(C)OCCC(C)(C)OC(=O)CCC(=O)NCCCN. The molecule has 0 aromatic carbocycles. The van der Waals surface area contributed by atoms with Crippen LogP contribution in [0.1, 0.15) is 87.0 Å². The highest BCUT2D eigenvalue weighted by Crippen LogP contribution is 2.38. The second kappa shape index (κ2) is 11.6. The molecule has 0 aliphatic heterocycles. The van der Waals surface area contributed by atoms with E-state index in [2.05, 4.69) is 39.9 Å². The van der Waals surface area contributed by atoms with Gasteiger partial charge in [0, 0.05) is 19.4 Å². The van der Waals surface area contributed by atoms with Crippen LogP contribution in [0, 0.1) is 5.41 Å². The van der Waals surface area contributed by atoms with Gasteiger partial charge in [0.2, 0.25) is 5.91 Å². The molecule has 0 aliphatic rings. The maximum Gasteiger partial charge on any atom is 0.306 e. The van der Waals surface area contributed by atoms with E-state index in [4.69, 9.17) is 15.2 Å². The molecule has 0 unspecified atom stereocenters. The number of nitrogens with one attached hydrogen (secondary N) is 1. The van der Waals surface area contributed by atoms with Crippen LogP contribution in [0.3, 0.4) is 0 Å². The zero-order chi connectivity index (χ0) is 21.1. The zero-order valence-electron chi connectivity index (χ0n) is 18.6. The normalized spacial score (nSPS) is 12.7. The van der Waals surface area contributed by atoms with Crippen molar-refractivity contribution >= 4 is 11.9 Å². The molecule has 1 amide bonds. The molecule has 0 heterocycles. The number of esters is 1. The fourth-order valence-corrected chi connectivity index (χ4v) is 2.72. The van der Waals surface area contributed by atoms with Gasteiger partial charge in [0.15, 0.2) is 0 Å². The Hall–Kier alpha value is -1.14. The molecule has 0 aliphatic carbocycles. The molecule has 0 saturated heterocycles. The molecule has 0 spiro atoms. The molecule has 0 saturated carbocycles. The van der Waals surface area contributed by atoms with Gasteiger partial charge >= 0.3 is 5.97 Å². The Kier molecular flexibility index (Phi) is 11.2. The van der Waals surface area contributed by atoms with Crippen LogP contribution in [0.4, 0.5) is 0 Å². The predicted octanol–water partition coefficient (Wildman–Crippen LogP) is 3.57. The zero-order valence-corrected chi connectivity index (χ0v) is 18.6. The molecular formula is C21H42N2O4. The van der Waals surface area contributed by atoms with Crippen molar-refractivity contribution in [2.24, 2.45) is 11.1 Å². The lowest BCUT2D eigenvalue weighted by Crippen LogP contribution is -2.42. The Morgan fingerprint density at radius 3 is 2.19 bits per heavy atom. The Bertz CT molecular complexity index is 459. The fourth-order valence-electron chi connectivity index (χ4n) is 2.72. The summed E-state index contributed by atoms with van der Waals surface area (Å²) in [5.41, 5.74) is 4.56. The van der Waals surface area contributed by atoms with Gasteiger partial charge in [-0.25, -0.2) is 0 Å². The molecule has 3 N–H and O–H groups in total. The smallest absolute Gasteiger partial charge is 0.306 e. The molecule has 0 atom stereocenters. The minimum absolute atomic E-state index is 0.0693. The second-order valence-corrected chi connectivity index (χ2v) is 8.97. The largest absolute Gasteiger partial charge is 0.460 e. The number of carbonyl (C=O) groups excluding carboxylic acids is 2. The summed E-state index contributed by atoms with van der Waals surface area (Å²) in [7, 11) is 0. The topological polar surface area (TPSA) is 90.6 Å². The number of carbonyl (C=O) groups is 2. The van der Waals surface area contributed by atoms with Gasteiger partial charge in [0.25, 0.3) is 0 Å². The lowest BCUT2D eigenvalue weighted by Gasteiger charge is -2.42. The van der Waals surface area contributed by atoms with Crippen LogP contribution in [0.5, 0.6) is 0 Å². The van der Waals surface area contributed by atoms with Gasteiger partial charge in [-0.3, -0.25) is 9.59 Å². The van der Waals surface area contributed by atoms with Gasteiger partial charge in [0.05, 0.1) is 18.6 Å². The molecule has 160 valence electrons. The first kappa shape index (κ1) is 25.9. The summed E-state index contributed by atoms with van der Waals surface area (Å²) < 4.78 is 11.7. The lowest BCUT2D eigenvalue weighted by molar-refractivity contribution is -0.162. The van der Waals surface area contributed by atoms with Crippen LogP contribution in [-0.4, -0.2) is 42.8 Å². The monoisotopic (exact) mass is 386 g/mol. The van der Waals surface area contributed by atoms with Crippen LogP contribution in [0.15, 0.2) is 0 Å². The van der Waals surface area contributed by atoms with Crippen molar-refractivity contribution in [3.8, 4) is 0 Å². The van der Waals surface area contributed by atoms with Crippen LogP contribution >= 0.6 is 0 Å². The Morgan fingerprint density at radius 2 is 1.63 bits per heavy atom. The summed E-state index contributed by atoms with van der Waals surface area (Å²) in [4.78, 5) is 23.7. The van der Waals surface area contributed by atoms with E-state index in [1.165, 1.54) is 0 Å². The maximum atomic E-state index is 12.0. The van der Waals surface area contributed by atoms with Gasteiger partial charge in [-0.15, -0.1) is 0 Å². The van der Waals surface area contributed by atoms with E-state index in [-0.39, 0.29) is 35.7 Å². The summed E-state index contributed by atoms with van der Waals surface area (Å²) in [6, 6.07) is 0. The maximum absolute atomic E-state index is 12.0. The quantitative estimate of drug-likeness (QED) is 0.352. The third-order valence-corrected chi connectivity index (χ3v) is 5.32. The number of rotatable bonds is 14. The van der Waals surface area contributed by atoms with Crippen molar-refractivity contribution in [1.82, 2.24) is 5.32 Å². The predicted molar refractivity (Wildman–Crippen MR) is 109 cm³/mol. The Morgan fingerprint density at radius 1 is 1.00 bits per heavy atom. The molecule has 0 rings (SSSR count). The van der Waals surface area contributed by atoms with E-state index in [9.17, 15) is 9.59 Å². The van der Waals surface area contributed by atoms with Crippen molar-refractivity contribution in [2.45, 2.75) is 98.2 Å². The highest BCUT2D eigenvalue weighted by molar-refractivity contribution is 5.81. The summed E-state index contributed by atoms with van der Waals surface area (Å²) in [6.07, 6.45) is 3.75. The first-order valence-electron chi connectivity index (χ1n) is 10.2. The summed E-state index contributed by atoms with van der Waals surface area (Å²) in [5.74, 6) is -0.513. The number of hydrogen-bond acceptors (Lipinski definition) is 5. The highest BCUT2D eigenvalue weighted by Gasteiger charge is 2.37. The van der Waals surface area contributed by atoms with Crippen molar-refractivity contribution in [3.63, 3.8) is 0 Å². The molecule has 6 nitrogen and oxygen atoms in total. The van der Waals surface area contributed by atoms with Crippen LogP contribution in [0.25, 0.3) is 0 Å². The number of ether oxygens (including phenoxy) is 2. The van der Waals surface area contributed by atoms with E-state index in [0.717, 1.165) is 19.3 Å². The minimum Gasteiger partial charge on any atom is -0.460 e. The molecule has 6 heteroatoms. The van der Waals surface area contributed by atoms with Crippen molar-refractivity contribution in [2.75, 3.05) is 19.7 Å². The highest BCUT2D eigenvalue weighted by atomic mass is 16.6. The summed E-state index contributed by atoms with van der Waals surface area (Å²) in [6.45, 7) is 16.2. The average molecular weight is 387 g/mol. The fraction of sp³-hybridized carbons (Fsp3) is 0.905. The van der Waals surface area contributed by atoms with E-state index >= 15 is 0 Å². The van der Waals surface area contributed by atoms with Gasteiger partial charge in [-0.1, -0.05) is 27.2 Å². The number of nitrogens with two attached hydrogens (primary N) is 1. The van der Waals surface area contributed by atoms with Gasteiger partial charge in [-0.2, -0.15) is 0 Å². The van der Waals surface area contributed by atoms with Crippen molar-refractivity contribution in [3.05, 3.63) is 0 Å². The Labute approximate surface area is 165 Å². The molecule has 0 bridgehead atoms. The number of hydrogen-bond donors (Lipinski definition) is 2. The third kappa shape index (κ3) is 10.7. The standard InChI is InChI=1S/C21H42N2O4/c1-8-12-19(2,3)21(6,7)26-16-13-20(4,5)27-18(25)11-10-17(24)23-15-9-14-22/h8-16,22H2,1-7H3,(H,23,24). The first-order chi connectivity index (χ1) is 12.4. The summed E-state index contributed by atoms with van der Waals surface area (Å²) >= 11 is 0. The molecule has 0 aromatic heterocycles. The first-order valence-corrected chi connectivity index (χ1v) is 10.2. The second-order valence-electron chi connectivity index (χ2n) is 8.97. The van der Waals surface area contributed by atoms with Crippen LogP contribution < -0.4 is 11.1 Å². The van der Waals surface area contributed by atoms with E-state index in [1.807, 2.05) is 13.8 Å². The van der Waals surface area contributed by atoms with Gasteiger partial charge in [-0.05, 0) is 52.5 Å². The summed E-state index contributed by atoms with van der Waals surface area (Å²) in [5, 5.41) is 2.73. The van der Waals surface area contributed by atoms with Crippen molar-refractivity contribution < 1.29 is 19.1 Å². The van der Waals surface area contributed by atoms with Gasteiger partial charge < -0.3 is 20.5 Å². The van der Waals surface area contributed by atoms with E-state index in [0.29, 0.717) is 26.1 Å². The molecule has 0 aromatic rings. The number of amides is 1. The third-order valence-electron chi connectivity index (χ3n) is 5.32. The molecular weight excluding hydrogens is 344 g/mol. The van der Waals surface area contributed by atoms with E-state index < -0.39 is 5.60 Å². The lowest BCUT2D eigenvalue weighted by atomic mass is 9.74. The van der Waals surface area contributed by atoms with Crippen molar-refractivity contribution in [1.29, 1.82) is 0 Å². The van der Waals surface area contributed by atoms with Crippen LogP contribution in [-0.2, 0) is 19.1 Å². The van der Waals surface area contributed by atoms with E-state index in [1.54, 1.807) is 0 Å². The molecule has 0 radical (unpaired) electrons. The minimum atomic E-state index is -0.627. The van der Waals surface area contributed by atoms with Crippen LogP contribution in [0.2, 0.25) is 0 Å². The molecule has 0 fully saturated rings. The molecule has 27 heavy (non-hydrogen) atoms. The average Bonchev–Trinajstić information content (AvgIpc) is 2.52.